The largest absolute Gasteiger partial charge is 0.462 e. The Morgan fingerprint density at radius 2 is 0.494 bits per heavy atom. The van der Waals surface area contributed by atoms with E-state index in [1.165, 1.54) is 44.9 Å². The number of rotatable bonds is 56. The van der Waals surface area contributed by atoms with Crippen molar-refractivity contribution >= 4 is 17.9 Å². The molecular formula is C75H116O6. The molecule has 0 radical (unpaired) electrons. The van der Waals surface area contributed by atoms with Gasteiger partial charge in [0.25, 0.3) is 0 Å². The highest BCUT2D eigenvalue weighted by atomic mass is 16.6. The first-order valence-electron chi connectivity index (χ1n) is 32.3. The summed E-state index contributed by atoms with van der Waals surface area (Å²) in [7, 11) is 0. The molecule has 0 aromatic rings. The van der Waals surface area contributed by atoms with Gasteiger partial charge in [0, 0.05) is 19.3 Å². The second kappa shape index (κ2) is 67.0. The summed E-state index contributed by atoms with van der Waals surface area (Å²) in [6.45, 7) is 6.26. The van der Waals surface area contributed by atoms with Crippen molar-refractivity contribution in [2.24, 2.45) is 0 Å². The van der Waals surface area contributed by atoms with Crippen LogP contribution in [0.25, 0.3) is 0 Å². The normalized spacial score (nSPS) is 13.4. The van der Waals surface area contributed by atoms with Crippen molar-refractivity contribution in [3.8, 4) is 0 Å². The quantitative estimate of drug-likeness (QED) is 0.0261. The van der Waals surface area contributed by atoms with Crippen LogP contribution in [-0.2, 0) is 28.6 Å². The van der Waals surface area contributed by atoms with Gasteiger partial charge in [0.2, 0.25) is 0 Å². The number of hydrogen-bond donors (Lipinski definition) is 0. The number of esters is 3. The zero-order valence-electron chi connectivity index (χ0n) is 51.7. The minimum Gasteiger partial charge on any atom is -0.462 e. The molecule has 81 heavy (non-hydrogen) atoms. The predicted molar refractivity (Wildman–Crippen MR) is 352 cm³/mol. The number of allylic oxidation sites excluding steroid dienone is 30. The molecule has 0 aliphatic carbocycles. The van der Waals surface area contributed by atoms with E-state index in [1.54, 1.807) is 0 Å². The van der Waals surface area contributed by atoms with E-state index >= 15 is 0 Å². The van der Waals surface area contributed by atoms with E-state index in [0.717, 1.165) is 161 Å². The van der Waals surface area contributed by atoms with Gasteiger partial charge in [-0.25, -0.2) is 0 Å². The molecule has 0 N–H and O–H groups in total. The average Bonchev–Trinajstić information content (AvgIpc) is 3.47. The van der Waals surface area contributed by atoms with Crippen LogP contribution in [0.5, 0.6) is 0 Å². The van der Waals surface area contributed by atoms with Gasteiger partial charge in [-0.3, -0.25) is 14.4 Å². The molecule has 6 heteroatoms. The van der Waals surface area contributed by atoms with Crippen molar-refractivity contribution in [2.45, 2.75) is 258 Å². The molecular weight excluding hydrogens is 997 g/mol. The summed E-state index contributed by atoms with van der Waals surface area (Å²) in [4.78, 5) is 37.9. The van der Waals surface area contributed by atoms with E-state index in [2.05, 4.69) is 203 Å². The molecule has 0 aliphatic rings. The van der Waals surface area contributed by atoms with E-state index < -0.39 is 6.10 Å². The highest BCUT2D eigenvalue weighted by Crippen LogP contribution is 2.14. The molecule has 0 heterocycles. The van der Waals surface area contributed by atoms with E-state index in [9.17, 15) is 14.4 Å². The molecule has 0 saturated heterocycles. The average molecular weight is 1110 g/mol. The van der Waals surface area contributed by atoms with Crippen LogP contribution in [0.1, 0.15) is 252 Å². The molecule has 0 fully saturated rings. The first-order valence-corrected chi connectivity index (χ1v) is 32.3. The number of unbranched alkanes of at least 4 members (excludes halogenated alkanes) is 15. The van der Waals surface area contributed by atoms with Crippen LogP contribution in [0.3, 0.4) is 0 Å². The Morgan fingerprint density at radius 3 is 0.802 bits per heavy atom. The number of ether oxygens (including phenoxy) is 3. The van der Waals surface area contributed by atoms with Gasteiger partial charge in [0.1, 0.15) is 13.2 Å². The van der Waals surface area contributed by atoms with Crippen molar-refractivity contribution in [1.29, 1.82) is 0 Å². The maximum atomic E-state index is 12.8. The van der Waals surface area contributed by atoms with E-state index in [0.29, 0.717) is 19.3 Å². The SMILES string of the molecule is CC/C=C\C/C=C\C/C=C\C/C=C\C/C=C\C/C=C\C/C=C\C/C=C\C/C=C\CCCC(=O)OCC(COC(=O)CCCCCCC)OC(=O)CCCCCCCCCCCC/C=C\C/C=C\C/C=C\C/C=C\C/C=C\C/C=C\CC. The summed E-state index contributed by atoms with van der Waals surface area (Å²) in [5, 5.41) is 0. The Kier molecular flexibility index (Phi) is 62.5. The van der Waals surface area contributed by atoms with E-state index in [4.69, 9.17) is 14.2 Å². The highest BCUT2D eigenvalue weighted by Gasteiger charge is 2.19. The smallest absolute Gasteiger partial charge is 0.306 e. The van der Waals surface area contributed by atoms with Gasteiger partial charge in [-0.15, -0.1) is 0 Å². The number of carbonyl (C=O) groups excluding carboxylic acids is 3. The molecule has 0 amide bonds. The van der Waals surface area contributed by atoms with Crippen LogP contribution in [-0.4, -0.2) is 37.2 Å². The maximum Gasteiger partial charge on any atom is 0.306 e. The number of hydrogen-bond acceptors (Lipinski definition) is 6. The van der Waals surface area contributed by atoms with E-state index in [-0.39, 0.29) is 37.5 Å². The lowest BCUT2D eigenvalue weighted by Gasteiger charge is -2.18. The van der Waals surface area contributed by atoms with Crippen LogP contribution in [0.2, 0.25) is 0 Å². The summed E-state index contributed by atoms with van der Waals surface area (Å²) in [5.41, 5.74) is 0. The molecule has 0 bridgehead atoms. The fourth-order valence-electron chi connectivity index (χ4n) is 8.15. The molecule has 0 aromatic carbocycles. The predicted octanol–water partition coefficient (Wildman–Crippen LogP) is 22.4. The second-order valence-electron chi connectivity index (χ2n) is 20.6. The highest BCUT2D eigenvalue weighted by molar-refractivity contribution is 5.71. The Bertz CT molecular complexity index is 1900. The van der Waals surface area contributed by atoms with Crippen molar-refractivity contribution in [3.63, 3.8) is 0 Å². The van der Waals surface area contributed by atoms with Crippen LogP contribution < -0.4 is 0 Å². The molecule has 1 atom stereocenters. The van der Waals surface area contributed by atoms with Gasteiger partial charge in [-0.2, -0.15) is 0 Å². The molecule has 0 saturated carbocycles. The Labute approximate surface area is 497 Å². The Morgan fingerprint density at radius 1 is 0.259 bits per heavy atom. The maximum absolute atomic E-state index is 12.8. The van der Waals surface area contributed by atoms with Gasteiger partial charge in [0.15, 0.2) is 6.10 Å². The number of carbonyl (C=O) groups is 3. The molecule has 6 nitrogen and oxygen atoms in total. The van der Waals surface area contributed by atoms with Crippen LogP contribution >= 0.6 is 0 Å². The van der Waals surface area contributed by atoms with Gasteiger partial charge < -0.3 is 14.2 Å². The van der Waals surface area contributed by atoms with Gasteiger partial charge in [0.05, 0.1) is 0 Å². The molecule has 0 rings (SSSR count). The zero-order chi connectivity index (χ0) is 58.5. The second-order valence-corrected chi connectivity index (χ2v) is 20.6. The fraction of sp³-hybridized carbons (Fsp3) is 0.560. The van der Waals surface area contributed by atoms with Crippen LogP contribution in [0.15, 0.2) is 182 Å². The minimum absolute atomic E-state index is 0.106. The lowest BCUT2D eigenvalue weighted by atomic mass is 10.0. The monoisotopic (exact) mass is 1110 g/mol. The van der Waals surface area contributed by atoms with Gasteiger partial charge >= 0.3 is 17.9 Å². The fourth-order valence-corrected chi connectivity index (χ4v) is 8.15. The molecule has 1 unspecified atom stereocenters. The molecule has 0 aliphatic heterocycles. The van der Waals surface area contributed by atoms with E-state index in [1.807, 2.05) is 0 Å². The van der Waals surface area contributed by atoms with Crippen molar-refractivity contribution in [2.75, 3.05) is 13.2 Å². The van der Waals surface area contributed by atoms with Crippen molar-refractivity contribution in [3.05, 3.63) is 182 Å². The third kappa shape index (κ3) is 65.2. The summed E-state index contributed by atoms with van der Waals surface area (Å²) in [6, 6.07) is 0. The van der Waals surface area contributed by atoms with Crippen LogP contribution in [0.4, 0.5) is 0 Å². The first kappa shape index (κ1) is 75.5. The standard InChI is InChI=1S/C75H116O6/c1-4-7-10-13-15-17-19-21-23-25-27-29-31-33-35-37-39-41-43-45-47-49-51-53-55-57-59-62-65-68-74(77)80-71-72(70-79-73(76)67-64-61-12-9-6-3)81-75(78)69-66-63-60-58-56-54-52-50-48-46-44-42-40-38-36-34-32-30-28-26-24-22-20-18-16-14-11-8-5-2/h7-8,10-11,15-18,21-24,27-30,33-36,39-42,45,47,51,53,57,59,72H,4-6,9,12-14,19-20,25-26,31-32,37-38,43-44,46,48-50,52,54-56,58,60-71H2,1-3H3/b10-7-,11-8-,17-15-,18-16-,23-21-,24-22-,29-27-,30-28-,35-33-,36-34-,41-39-,42-40-,47-45-,53-51-,59-57-. The summed E-state index contributed by atoms with van der Waals surface area (Å²) in [5.74, 6) is -0.995. The third-order valence-electron chi connectivity index (χ3n) is 12.9. The van der Waals surface area contributed by atoms with Crippen molar-refractivity contribution in [1.82, 2.24) is 0 Å². The summed E-state index contributed by atoms with van der Waals surface area (Å²) < 4.78 is 16.7. The Balaban J connectivity index is 4.21. The zero-order valence-corrected chi connectivity index (χ0v) is 51.7. The van der Waals surface area contributed by atoms with Crippen LogP contribution in [0, 0.1) is 0 Å². The molecule has 0 spiro atoms. The van der Waals surface area contributed by atoms with Gasteiger partial charge in [-0.1, -0.05) is 280 Å². The molecule has 452 valence electrons. The first-order chi connectivity index (χ1) is 40.0. The summed E-state index contributed by atoms with van der Waals surface area (Å²) in [6.07, 6.45) is 101. The third-order valence-corrected chi connectivity index (χ3v) is 12.9. The van der Waals surface area contributed by atoms with Crippen molar-refractivity contribution < 1.29 is 28.6 Å². The topological polar surface area (TPSA) is 78.9 Å². The molecule has 0 aromatic heterocycles. The summed E-state index contributed by atoms with van der Waals surface area (Å²) >= 11 is 0. The minimum atomic E-state index is -0.811. The Hall–Kier alpha value is -5.49. The lowest BCUT2D eigenvalue weighted by molar-refractivity contribution is -0.167. The lowest BCUT2D eigenvalue weighted by Crippen LogP contribution is -2.30. The van der Waals surface area contributed by atoms with Gasteiger partial charge in [-0.05, 0) is 135 Å².